The molecule has 86 valence electrons. The van der Waals surface area contributed by atoms with E-state index >= 15 is 0 Å². The Hall–Kier alpha value is -1.48. The normalized spacial score (nSPS) is 11.4. The number of hydrogen-bond acceptors (Lipinski definition) is 2. The number of aromatic nitrogens is 1. The summed E-state index contributed by atoms with van der Waals surface area (Å²) in [7, 11) is 2.13. The first-order valence-electron chi connectivity index (χ1n) is 5.76. The lowest BCUT2D eigenvalue weighted by atomic mass is 10.1. The van der Waals surface area contributed by atoms with E-state index in [4.69, 9.17) is 5.73 Å². The molecule has 2 rings (SSSR count). The topological polar surface area (TPSA) is 45.0 Å². The van der Waals surface area contributed by atoms with Crippen LogP contribution >= 0.6 is 0 Å². The Bertz CT molecular complexity index is 473. The van der Waals surface area contributed by atoms with Crippen LogP contribution < -0.4 is 5.73 Å². The van der Waals surface area contributed by atoms with Crippen LogP contribution in [0.2, 0.25) is 0 Å². The quantitative estimate of drug-likeness (QED) is 0.825. The maximum Gasteiger partial charge on any atom is 0.104 e. The number of rotatable bonds is 4. The van der Waals surface area contributed by atoms with Crippen molar-refractivity contribution >= 4 is 16.7 Å². The molecule has 1 aromatic heterocycles. The van der Waals surface area contributed by atoms with Crippen molar-refractivity contribution < 1.29 is 0 Å². The summed E-state index contributed by atoms with van der Waals surface area (Å²) in [4.78, 5) is 5.52. The largest absolute Gasteiger partial charge is 0.385 e. The summed E-state index contributed by atoms with van der Waals surface area (Å²) in [6.07, 6.45) is 1.00. The fraction of sp³-hybridized carbons (Fsp3) is 0.385. The van der Waals surface area contributed by atoms with Crippen LogP contribution in [0.3, 0.4) is 0 Å². The molecule has 0 aliphatic rings. The molecule has 3 nitrogen and oxygen atoms in total. The third kappa shape index (κ3) is 2.04. The molecule has 3 N–H and O–H groups in total. The van der Waals surface area contributed by atoms with Crippen molar-refractivity contribution in [3.63, 3.8) is 0 Å². The molecule has 0 atom stereocenters. The number of likely N-dealkylation sites (N-methyl/N-ethyl adjacent to an activating group) is 1. The maximum absolute atomic E-state index is 6.01. The molecule has 0 saturated heterocycles. The van der Waals surface area contributed by atoms with Crippen LogP contribution in [0.5, 0.6) is 0 Å². The number of benzene rings is 1. The average Bonchev–Trinajstić information content (AvgIpc) is 2.62. The van der Waals surface area contributed by atoms with Crippen LogP contribution in [-0.2, 0) is 6.42 Å². The highest BCUT2D eigenvalue weighted by atomic mass is 15.1. The number of fused-ring (bicyclic) bond motifs is 1. The Labute approximate surface area is 96.2 Å². The van der Waals surface area contributed by atoms with Gasteiger partial charge in [0.1, 0.15) is 5.82 Å². The third-order valence-electron chi connectivity index (χ3n) is 3.13. The predicted octanol–water partition coefficient (Wildman–Crippen LogP) is 2.24. The minimum atomic E-state index is 0.811. The summed E-state index contributed by atoms with van der Waals surface area (Å²) in [5.74, 6) is 0.811. The minimum Gasteiger partial charge on any atom is -0.385 e. The molecule has 0 saturated carbocycles. The van der Waals surface area contributed by atoms with Gasteiger partial charge in [0.25, 0.3) is 0 Å². The summed E-state index contributed by atoms with van der Waals surface area (Å²) in [6.45, 7) is 4.28. The lowest BCUT2D eigenvalue weighted by Gasteiger charge is -2.13. The number of anilines is 1. The number of nitrogens with zero attached hydrogens (tertiary/aromatic N) is 1. The SMILES string of the molecule is CCN(C)CCc1c(N)[nH]c2ccccc12. The van der Waals surface area contributed by atoms with Gasteiger partial charge in [0.15, 0.2) is 0 Å². The molecule has 0 spiro atoms. The molecule has 0 bridgehead atoms. The number of aromatic amines is 1. The second kappa shape index (κ2) is 4.58. The monoisotopic (exact) mass is 217 g/mol. The molecule has 0 radical (unpaired) electrons. The van der Waals surface area contributed by atoms with Gasteiger partial charge in [-0.2, -0.15) is 0 Å². The fourth-order valence-electron chi connectivity index (χ4n) is 1.95. The van der Waals surface area contributed by atoms with E-state index in [1.54, 1.807) is 0 Å². The van der Waals surface area contributed by atoms with Gasteiger partial charge in [-0.3, -0.25) is 0 Å². The van der Waals surface area contributed by atoms with E-state index in [2.05, 4.69) is 42.1 Å². The van der Waals surface area contributed by atoms with E-state index in [1.165, 1.54) is 10.9 Å². The minimum absolute atomic E-state index is 0.811. The average molecular weight is 217 g/mol. The van der Waals surface area contributed by atoms with Gasteiger partial charge in [-0.15, -0.1) is 0 Å². The third-order valence-corrected chi connectivity index (χ3v) is 3.13. The molecule has 1 aromatic carbocycles. The van der Waals surface area contributed by atoms with E-state index in [0.29, 0.717) is 0 Å². The Morgan fingerprint density at radius 1 is 1.31 bits per heavy atom. The summed E-state index contributed by atoms with van der Waals surface area (Å²) in [6, 6.07) is 8.28. The van der Waals surface area contributed by atoms with Gasteiger partial charge in [-0.25, -0.2) is 0 Å². The summed E-state index contributed by atoms with van der Waals surface area (Å²) < 4.78 is 0. The molecule has 0 amide bonds. The van der Waals surface area contributed by atoms with Crippen molar-refractivity contribution in [3.05, 3.63) is 29.8 Å². The zero-order chi connectivity index (χ0) is 11.5. The van der Waals surface area contributed by atoms with Crippen LogP contribution in [0.4, 0.5) is 5.82 Å². The maximum atomic E-state index is 6.01. The molecule has 3 heteroatoms. The van der Waals surface area contributed by atoms with Crippen LogP contribution in [-0.4, -0.2) is 30.0 Å². The molecule has 0 aliphatic heterocycles. The first-order chi connectivity index (χ1) is 7.72. The molecule has 16 heavy (non-hydrogen) atoms. The van der Waals surface area contributed by atoms with Crippen molar-refractivity contribution in [1.82, 2.24) is 9.88 Å². The Balaban J connectivity index is 2.26. The van der Waals surface area contributed by atoms with Gasteiger partial charge in [0.2, 0.25) is 0 Å². The van der Waals surface area contributed by atoms with Gasteiger partial charge in [0, 0.05) is 23.0 Å². The number of nitrogens with one attached hydrogen (secondary N) is 1. The summed E-state index contributed by atoms with van der Waals surface area (Å²) in [5.41, 5.74) is 8.39. The summed E-state index contributed by atoms with van der Waals surface area (Å²) >= 11 is 0. The van der Waals surface area contributed by atoms with Gasteiger partial charge < -0.3 is 15.6 Å². The van der Waals surface area contributed by atoms with Gasteiger partial charge in [-0.05, 0) is 26.1 Å². The first kappa shape index (κ1) is 11.0. The van der Waals surface area contributed by atoms with Crippen molar-refractivity contribution in [2.24, 2.45) is 0 Å². The van der Waals surface area contributed by atoms with E-state index in [1.807, 2.05) is 6.07 Å². The molecule has 0 aliphatic carbocycles. The second-order valence-electron chi connectivity index (χ2n) is 4.21. The molecular formula is C13H19N3. The van der Waals surface area contributed by atoms with Gasteiger partial charge in [-0.1, -0.05) is 25.1 Å². The van der Waals surface area contributed by atoms with Gasteiger partial charge >= 0.3 is 0 Å². The number of H-pyrrole nitrogens is 1. The molecule has 1 heterocycles. The molecule has 0 unspecified atom stereocenters. The number of nitrogens with two attached hydrogens (primary N) is 1. The van der Waals surface area contributed by atoms with E-state index in [-0.39, 0.29) is 0 Å². The Morgan fingerprint density at radius 2 is 2.06 bits per heavy atom. The Morgan fingerprint density at radius 3 is 2.81 bits per heavy atom. The van der Waals surface area contributed by atoms with E-state index < -0.39 is 0 Å². The zero-order valence-corrected chi connectivity index (χ0v) is 9.96. The predicted molar refractivity (Wildman–Crippen MR) is 69.6 cm³/mol. The van der Waals surface area contributed by atoms with E-state index in [0.717, 1.165) is 30.8 Å². The van der Waals surface area contributed by atoms with E-state index in [9.17, 15) is 0 Å². The first-order valence-corrected chi connectivity index (χ1v) is 5.76. The fourth-order valence-corrected chi connectivity index (χ4v) is 1.95. The van der Waals surface area contributed by atoms with Crippen molar-refractivity contribution in [3.8, 4) is 0 Å². The number of para-hydroxylation sites is 1. The molecular weight excluding hydrogens is 198 g/mol. The lowest BCUT2D eigenvalue weighted by molar-refractivity contribution is 0.358. The van der Waals surface area contributed by atoms with Crippen LogP contribution in [0.25, 0.3) is 10.9 Å². The highest BCUT2D eigenvalue weighted by molar-refractivity contribution is 5.88. The standard InChI is InChI=1S/C13H19N3/c1-3-16(2)9-8-11-10-6-4-5-7-12(10)15-13(11)14/h4-7,15H,3,8-9,14H2,1-2H3. The van der Waals surface area contributed by atoms with Crippen LogP contribution in [0.15, 0.2) is 24.3 Å². The van der Waals surface area contributed by atoms with Crippen LogP contribution in [0.1, 0.15) is 12.5 Å². The number of nitrogen functional groups attached to an aromatic ring is 1. The lowest BCUT2D eigenvalue weighted by Crippen LogP contribution is -2.20. The molecule has 0 fully saturated rings. The van der Waals surface area contributed by atoms with Gasteiger partial charge in [0.05, 0.1) is 0 Å². The zero-order valence-electron chi connectivity index (χ0n) is 9.96. The number of hydrogen-bond donors (Lipinski definition) is 2. The molecule has 2 aromatic rings. The highest BCUT2D eigenvalue weighted by Crippen LogP contribution is 2.24. The van der Waals surface area contributed by atoms with Crippen molar-refractivity contribution in [2.75, 3.05) is 25.9 Å². The van der Waals surface area contributed by atoms with Crippen molar-refractivity contribution in [2.45, 2.75) is 13.3 Å². The summed E-state index contributed by atoms with van der Waals surface area (Å²) in [5, 5.41) is 1.25. The van der Waals surface area contributed by atoms with Crippen LogP contribution in [0, 0.1) is 0 Å². The van der Waals surface area contributed by atoms with Crippen molar-refractivity contribution in [1.29, 1.82) is 0 Å². The highest BCUT2D eigenvalue weighted by Gasteiger charge is 2.08. The second-order valence-corrected chi connectivity index (χ2v) is 4.21. The Kier molecular flexibility index (Phi) is 3.15. The smallest absolute Gasteiger partial charge is 0.104 e.